The first-order valence-corrected chi connectivity index (χ1v) is 8.19. The zero-order valence-electron chi connectivity index (χ0n) is 11.6. The maximum absolute atomic E-state index is 12.6. The SMILES string of the molecule is CC(C)C1NC(c2ccsc2)N(CCC2CC2)C1=O. The molecule has 3 rings (SSSR count). The van der Waals surface area contributed by atoms with Crippen LogP contribution in [0.1, 0.15) is 44.8 Å². The molecule has 2 fully saturated rings. The predicted octanol–water partition coefficient (Wildman–Crippen LogP) is 3.00. The molecule has 1 amide bonds. The van der Waals surface area contributed by atoms with Gasteiger partial charge >= 0.3 is 0 Å². The summed E-state index contributed by atoms with van der Waals surface area (Å²) in [6.45, 7) is 5.13. The normalized spacial score (nSPS) is 27.5. The molecule has 104 valence electrons. The van der Waals surface area contributed by atoms with Crippen molar-refractivity contribution in [3.05, 3.63) is 22.4 Å². The molecule has 19 heavy (non-hydrogen) atoms. The van der Waals surface area contributed by atoms with Gasteiger partial charge in [0.05, 0.1) is 6.04 Å². The predicted molar refractivity (Wildman–Crippen MR) is 77.9 cm³/mol. The highest BCUT2D eigenvalue weighted by molar-refractivity contribution is 7.07. The van der Waals surface area contributed by atoms with Crippen LogP contribution >= 0.6 is 11.3 Å². The van der Waals surface area contributed by atoms with Gasteiger partial charge in [0.2, 0.25) is 5.91 Å². The number of hydrogen-bond acceptors (Lipinski definition) is 3. The minimum absolute atomic E-state index is 0.0240. The van der Waals surface area contributed by atoms with Crippen molar-refractivity contribution in [2.75, 3.05) is 6.54 Å². The third-order valence-corrected chi connectivity index (χ3v) is 4.90. The van der Waals surface area contributed by atoms with E-state index in [4.69, 9.17) is 0 Å². The number of carbonyl (C=O) groups is 1. The van der Waals surface area contributed by atoms with Crippen LogP contribution in [0.4, 0.5) is 0 Å². The molecule has 2 atom stereocenters. The Morgan fingerprint density at radius 1 is 1.47 bits per heavy atom. The first-order chi connectivity index (χ1) is 9.16. The molecule has 0 bridgehead atoms. The minimum Gasteiger partial charge on any atom is -0.322 e. The first kappa shape index (κ1) is 13.1. The van der Waals surface area contributed by atoms with E-state index in [-0.39, 0.29) is 18.1 Å². The number of amides is 1. The third-order valence-electron chi connectivity index (χ3n) is 4.20. The molecule has 1 aliphatic heterocycles. The molecule has 2 unspecified atom stereocenters. The highest BCUT2D eigenvalue weighted by Gasteiger charge is 2.41. The fraction of sp³-hybridized carbons (Fsp3) is 0.667. The zero-order chi connectivity index (χ0) is 13.4. The number of carbonyl (C=O) groups excluding carboxylic acids is 1. The number of hydrogen-bond donors (Lipinski definition) is 1. The van der Waals surface area contributed by atoms with E-state index >= 15 is 0 Å². The van der Waals surface area contributed by atoms with Crippen molar-refractivity contribution in [2.45, 2.75) is 45.3 Å². The lowest BCUT2D eigenvalue weighted by Crippen LogP contribution is -2.35. The molecule has 2 heterocycles. The van der Waals surface area contributed by atoms with Crippen LogP contribution in [-0.4, -0.2) is 23.4 Å². The summed E-state index contributed by atoms with van der Waals surface area (Å²) >= 11 is 1.70. The Labute approximate surface area is 119 Å². The van der Waals surface area contributed by atoms with E-state index in [0.29, 0.717) is 5.92 Å². The smallest absolute Gasteiger partial charge is 0.241 e. The first-order valence-electron chi connectivity index (χ1n) is 7.25. The molecule has 1 saturated heterocycles. The lowest BCUT2D eigenvalue weighted by molar-refractivity contribution is -0.130. The second kappa shape index (κ2) is 5.25. The second-order valence-electron chi connectivity index (χ2n) is 6.11. The lowest BCUT2D eigenvalue weighted by Gasteiger charge is -2.23. The van der Waals surface area contributed by atoms with Gasteiger partial charge in [-0.1, -0.05) is 26.7 Å². The Morgan fingerprint density at radius 2 is 2.26 bits per heavy atom. The quantitative estimate of drug-likeness (QED) is 0.898. The Morgan fingerprint density at radius 3 is 2.84 bits per heavy atom. The van der Waals surface area contributed by atoms with Crippen LogP contribution in [0.5, 0.6) is 0 Å². The van der Waals surface area contributed by atoms with Crippen molar-refractivity contribution in [2.24, 2.45) is 11.8 Å². The summed E-state index contributed by atoms with van der Waals surface area (Å²) in [6.07, 6.45) is 3.96. The van der Waals surface area contributed by atoms with Crippen molar-refractivity contribution in [3.8, 4) is 0 Å². The number of nitrogens with one attached hydrogen (secondary N) is 1. The fourth-order valence-electron chi connectivity index (χ4n) is 2.79. The molecular weight excluding hydrogens is 256 g/mol. The summed E-state index contributed by atoms with van der Waals surface area (Å²) in [7, 11) is 0. The van der Waals surface area contributed by atoms with Crippen LogP contribution in [0.25, 0.3) is 0 Å². The van der Waals surface area contributed by atoms with E-state index in [2.05, 4.69) is 40.9 Å². The number of thiophene rings is 1. The minimum atomic E-state index is -0.0240. The topological polar surface area (TPSA) is 32.3 Å². The van der Waals surface area contributed by atoms with Crippen LogP contribution in [-0.2, 0) is 4.79 Å². The number of nitrogens with zero attached hydrogens (tertiary/aromatic N) is 1. The lowest BCUT2D eigenvalue weighted by atomic mass is 10.1. The third kappa shape index (κ3) is 2.70. The van der Waals surface area contributed by atoms with E-state index in [0.717, 1.165) is 12.5 Å². The van der Waals surface area contributed by atoms with Gasteiger partial charge in [-0.25, -0.2) is 0 Å². The molecule has 1 N–H and O–H groups in total. The molecule has 4 heteroatoms. The maximum Gasteiger partial charge on any atom is 0.241 e. The van der Waals surface area contributed by atoms with Crippen LogP contribution in [0.15, 0.2) is 16.8 Å². The molecule has 3 nitrogen and oxygen atoms in total. The van der Waals surface area contributed by atoms with Gasteiger partial charge in [0.1, 0.15) is 6.17 Å². The van der Waals surface area contributed by atoms with Crippen molar-refractivity contribution in [3.63, 3.8) is 0 Å². The molecule has 1 aromatic rings. The highest BCUT2D eigenvalue weighted by atomic mass is 32.1. The Bertz CT molecular complexity index is 439. The van der Waals surface area contributed by atoms with E-state index in [1.807, 2.05) is 0 Å². The molecule has 1 saturated carbocycles. The van der Waals surface area contributed by atoms with Gasteiger partial charge in [0.25, 0.3) is 0 Å². The molecule has 0 spiro atoms. The van der Waals surface area contributed by atoms with Crippen molar-refractivity contribution in [1.82, 2.24) is 10.2 Å². The summed E-state index contributed by atoms with van der Waals surface area (Å²) in [5.41, 5.74) is 1.23. The zero-order valence-corrected chi connectivity index (χ0v) is 12.5. The van der Waals surface area contributed by atoms with Gasteiger partial charge in [0.15, 0.2) is 0 Å². The van der Waals surface area contributed by atoms with Gasteiger partial charge < -0.3 is 4.90 Å². The standard InChI is InChI=1S/C15H22N2OS/c1-10(2)13-15(18)17(7-5-11-3-4-11)14(16-13)12-6-8-19-9-12/h6,8-11,13-14,16H,3-5,7H2,1-2H3. The van der Waals surface area contributed by atoms with Crippen molar-refractivity contribution < 1.29 is 4.79 Å². The van der Waals surface area contributed by atoms with E-state index < -0.39 is 0 Å². The van der Waals surface area contributed by atoms with Crippen LogP contribution in [0, 0.1) is 11.8 Å². The van der Waals surface area contributed by atoms with Gasteiger partial charge in [-0.2, -0.15) is 11.3 Å². The fourth-order valence-corrected chi connectivity index (χ4v) is 3.47. The molecule has 0 aromatic carbocycles. The van der Waals surface area contributed by atoms with Crippen LogP contribution < -0.4 is 5.32 Å². The average molecular weight is 278 g/mol. The molecule has 0 radical (unpaired) electrons. The van der Waals surface area contributed by atoms with Crippen molar-refractivity contribution >= 4 is 17.2 Å². The summed E-state index contributed by atoms with van der Waals surface area (Å²) in [5, 5.41) is 7.76. The molecule has 1 aliphatic carbocycles. The highest BCUT2D eigenvalue weighted by Crippen LogP contribution is 2.35. The average Bonchev–Trinajstić information content (AvgIpc) is 2.92. The maximum atomic E-state index is 12.6. The summed E-state index contributed by atoms with van der Waals surface area (Å²) in [6, 6.07) is 2.10. The Hall–Kier alpha value is -0.870. The Balaban J connectivity index is 1.76. The van der Waals surface area contributed by atoms with Gasteiger partial charge in [-0.05, 0) is 40.6 Å². The summed E-state index contributed by atoms with van der Waals surface area (Å²) in [5.74, 6) is 1.50. The summed E-state index contributed by atoms with van der Waals surface area (Å²) < 4.78 is 0. The Kier molecular flexibility index (Phi) is 3.63. The molecule has 1 aromatic heterocycles. The monoisotopic (exact) mass is 278 g/mol. The van der Waals surface area contributed by atoms with Gasteiger partial charge in [-0.3, -0.25) is 10.1 Å². The largest absolute Gasteiger partial charge is 0.322 e. The number of rotatable bonds is 5. The van der Waals surface area contributed by atoms with E-state index in [1.165, 1.54) is 24.8 Å². The van der Waals surface area contributed by atoms with Gasteiger partial charge in [-0.15, -0.1) is 0 Å². The summed E-state index contributed by atoms with van der Waals surface area (Å²) in [4.78, 5) is 14.6. The van der Waals surface area contributed by atoms with Gasteiger partial charge in [0, 0.05) is 6.54 Å². The molecular formula is C15H22N2OS. The van der Waals surface area contributed by atoms with E-state index in [1.54, 1.807) is 11.3 Å². The van der Waals surface area contributed by atoms with Crippen LogP contribution in [0.3, 0.4) is 0 Å². The van der Waals surface area contributed by atoms with Crippen LogP contribution in [0.2, 0.25) is 0 Å². The van der Waals surface area contributed by atoms with Crippen molar-refractivity contribution in [1.29, 1.82) is 0 Å². The second-order valence-corrected chi connectivity index (χ2v) is 6.89. The molecule has 2 aliphatic rings. The van der Waals surface area contributed by atoms with E-state index in [9.17, 15) is 4.79 Å².